The maximum Gasteiger partial charge on any atom is 0.263 e. The molecule has 2 aromatic rings. The third kappa shape index (κ3) is 3.42. The van der Waals surface area contributed by atoms with Gasteiger partial charge in [0.25, 0.3) is 5.91 Å². The Balaban J connectivity index is 1.71. The first-order valence-corrected chi connectivity index (χ1v) is 8.51. The zero-order valence-electron chi connectivity index (χ0n) is 14.5. The molecule has 0 spiro atoms. The maximum atomic E-state index is 12.9. The molecule has 0 aliphatic carbocycles. The Morgan fingerprint density at radius 1 is 1.25 bits per heavy atom. The number of amides is 1. The van der Waals surface area contributed by atoms with Crippen LogP contribution in [0.3, 0.4) is 0 Å². The normalized spacial score (nSPS) is 18.5. The summed E-state index contributed by atoms with van der Waals surface area (Å²) >= 11 is 0. The number of hydrogen-bond acceptors (Lipinski definition) is 3. The average Bonchev–Trinajstić information content (AvgIpc) is 3.08. The Kier molecular flexibility index (Phi) is 4.84. The molecule has 1 fully saturated rings. The SMILES string of the molecule is Cc1ccc(OC(C)C(=O)N2CCCC2c2ccccn2)cc1C. The third-order valence-electron chi connectivity index (χ3n) is 4.70. The van der Waals surface area contributed by atoms with Crippen LogP contribution < -0.4 is 4.74 Å². The highest BCUT2D eigenvalue weighted by Crippen LogP contribution is 2.31. The van der Waals surface area contributed by atoms with Gasteiger partial charge in [0, 0.05) is 12.7 Å². The summed E-state index contributed by atoms with van der Waals surface area (Å²) in [6, 6.07) is 11.9. The predicted octanol–water partition coefficient (Wildman–Crippen LogP) is 3.83. The van der Waals surface area contributed by atoms with E-state index in [-0.39, 0.29) is 11.9 Å². The highest BCUT2D eigenvalue weighted by Gasteiger charge is 2.33. The van der Waals surface area contributed by atoms with Crippen molar-refractivity contribution in [1.82, 2.24) is 9.88 Å². The van der Waals surface area contributed by atoms with Crippen molar-refractivity contribution in [3.05, 3.63) is 59.4 Å². The summed E-state index contributed by atoms with van der Waals surface area (Å²) in [7, 11) is 0. The molecule has 2 unspecified atom stereocenters. The minimum absolute atomic E-state index is 0.0291. The number of pyridine rings is 1. The summed E-state index contributed by atoms with van der Waals surface area (Å²) in [5.41, 5.74) is 3.34. The first kappa shape index (κ1) is 16.5. The van der Waals surface area contributed by atoms with E-state index in [2.05, 4.69) is 11.9 Å². The second kappa shape index (κ2) is 7.04. The van der Waals surface area contributed by atoms with Crippen LogP contribution in [0.5, 0.6) is 5.75 Å². The summed E-state index contributed by atoms with van der Waals surface area (Å²) in [5, 5.41) is 0. The van der Waals surface area contributed by atoms with Crippen molar-refractivity contribution >= 4 is 5.91 Å². The lowest BCUT2D eigenvalue weighted by atomic mass is 10.1. The van der Waals surface area contributed by atoms with Crippen LogP contribution in [0.2, 0.25) is 0 Å². The molecule has 1 aromatic heterocycles. The van der Waals surface area contributed by atoms with Crippen molar-refractivity contribution in [3.63, 3.8) is 0 Å². The Bertz CT molecular complexity index is 715. The molecular weight excluding hydrogens is 300 g/mol. The summed E-state index contributed by atoms with van der Waals surface area (Å²) in [6.07, 6.45) is 3.24. The van der Waals surface area contributed by atoms with Crippen molar-refractivity contribution in [2.24, 2.45) is 0 Å². The van der Waals surface area contributed by atoms with Gasteiger partial charge in [-0.25, -0.2) is 0 Å². The lowest BCUT2D eigenvalue weighted by Crippen LogP contribution is -2.40. The van der Waals surface area contributed by atoms with Crippen LogP contribution in [0, 0.1) is 13.8 Å². The van der Waals surface area contributed by atoms with Gasteiger partial charge in [0.2, 0.25) is 0 Å². The number of hydrogen-bond donors (Lipinski definition) is 0. The lowest BCUT2D eigenvalue weighted by Gasteiger charge is -2.27. The topological polar surface area (TPSA) is 42.4 Å². The molecule has 0 N–H and O–H groups in total. The molecule has 4 nitrogen and oxygen atoms in total. The van der Waals surface area contributed by atoms with Gasteiger partial charge in [-0.05, 0) is 69.0 Å². The Hall–Kier alpha value is -2.36. The van der Waals surface area contributed by atoms with Crippen LogP contribution in [-0.4, -0.2) is 28.4 Å². The van der Waals surface area contributed by atoms with E-state index < -0.39 is 6.10 Å². The lowest BCUT2D eigenvalue weighted by molar-refractivity contribution is -0.139. The Morgan fingerprint density at radius 2 is 2.08 bits per heavy atom. The van der Waals surface area contributed by atoms with Crippen molar-refractivity contribution < 1.29 is 9.53 Å². The number of rotatable bonds is 4. The largest absolute Gasteiger partial charge is 0.481 e. The van der Waals surface area contributed by atoms with Gasteiger partial charge in [-0.1, -0.05) is 12.1 Å². The average molecular weight is 324 g/mol. The number of carbonyl (C=O) groups excluding carboxylic acids is 1. The number of aryl methyl sites for hydroxylation is 2. The minimum atomic E-state index is -0.503. The monoisotopic (exact) mass is 324 g/mol. The van der Waals surface area contributed by atoms with Gasteiger partial charge >= 0.3 is 0 Å². The second-order valence-electron chi connectivity index (χ2n) is 6.45. The fraction of sp³-hybridized carbons (Fsp3) is 0.400. The molecule has 0 saturated carbocycles. The Labute approximate surface area is 143 Å². The van der Waals surface area contributed by atoms with Crippen LogP contribution in [0.1, 0.15) is 42.6 Å². The van der Waals surface area contributed by atoms with E-state index in [4.69, 9.17) is 4.74 Å². The first-order chi connectivity index (χ1) is 11.6. The predicted molar refractivity (Wildman–Crippen MR) is 93.9 cm³/mol. The van der Waals surface area contributed by atoms with E-state index in [0.717, 1.165) is 30.8 Å². The maximum absolute atomic E-state index is 12.9. The van der Waals surface area contributed by atoms with Crippen LogP contribution in [0.25, 0.3) is 0 Å². The van der Waals surface area contributed by atoms with Gasteiger partial charge in [0.1, 0.15) is 5.75 Å². The molecule has 2 heterocycles. The van der Waals surface area contributed by atoms with Gasteiger partial charge in [-0.15, -0.1) is 0 Å². The van der Waals surface area contributed by atoms with E-state index >= 15 is 0 Å². The smallest absolute Gasteiger partial charge is 0.263 e. The van der Waals surface area contributed by atoms with Crippen molar-refractivity contribution in [2.45, 2.75) is 45.8 Å². The molecule has 0 radical (unpaired) electrons. The van der Waals surface area contributed by atoms with E-state index in [1.54, 1.807) is 6.20 Å². The molecule has 1 aliphatic heterocycles. The molecule has 0 bridgehead atoms. The van der Waals surface area contributed by atoms with Gasteiger partial charge in [0.05, 0.1) is 11.7 Å². The van der Waals surface area contributed by atoms with Gasteiger partial charge in [-0.2, -0.15) is 0 Å². The molecular formula is C20H24N2O2. The van der Waals surface area contributed by atoms with Crippen LogP contribution >= 0.6 is 0 Å². The number of aromatic nitrogens is 1. The molecule has 4 heteroatoms. The number of likely N-dealkylation sites (tertiary alicyclic amines) is 1. The summed E-state index contributed by atoms with van der Waals surface area (Å²) in [6.45, 7) is 6.70. The van der Waals surface area contributed by atoms with Gasteiger partial charge in [-0.3, -0.25) is 9.78 Å². The second-order valence-corrected chi connectivity index (χ2v) is 6.45. The van der Waals surface area contributed by atoms with Gasteiger partial charge < -0.3 is 9.64 Å². The van der Waals surface area contributed by atoms with Crippen LogP contribution in [-0.2, 0) is 4.79 Å². The van der Waals surface area contributed by atoms with Crippen LogP contribution in [0.4, 0.5) is 0 Å². The number of benzene rings is 1. The van der Waals surface area contributed by atoms with E-state index in [0.29, 0.717) is 0 Å². The van der Waals surface area contributed by atoms with E-state index in [9.17, 15) is 4.79 Å². The van der Waals surface area contributed by atoms with Crippen molar-refractivity contribution in [1.29, 1.82) is 0 Å². The fourth-order valence-corrected chi connectivity index (χ4v) is 3.19. The van der Waals surface area contributed by atoms with Gasteiger partial charge in [0.15, 0.2) is 6.10 Å². The Morgan fingerprint density at radius 3 is 2.79 bits per heavy atom. The molecule has 3 rings (SSSR count). The highest BCUT2D eigenvalue weighted by atomic mass is 16.5. The molecule has 1 saturated heterocycles. The molecule has 1 amide bonds. The third-order valence-corrected chi connectivity index (χ3v) is 4.70. The van der Waals surface area contributed by atoms with Crippen molar-refractivity contribution in [3.8, 4) is 5.75 Å². The quantitative estimate of drug-likeness (QED) is 0.858. The molecule has 2 atom stereocenters. The summed E-state index contributed by atoms with van der Waals surface area (Å²) in [4.78, 5) is 19.2. The van der Waals surface area contributed by atoms with E-state index in [1.165, 1.54) is 11.1 Å². The molecule has 24 heavy (non-hydrogen) atoms. The minimum Gasteiger partial charge on any atom is -0.481 e. The zero-order chi connectivity index (χ0) is 17.1. The van der Waals surface area contributed by atoms with E-state index in [1.807, 2.05) is 55.1 Å². The van der Waals surface area contributed by atoms with Crippen LogP contribution in [0.15, 0.2) is 42.6 Å². The molecule has 1 aromatic carbocycles. The summed E-state index contributed by atoms with van der Waals surface area (Å²) in [5.74, 6) is 0.772. The number of ether oxygens (including phenoxy) is 1. The number of carbonyl (C=O) groups is 1. The standard InChI is InChI=1S/C20H24N2O2/c1-14-9-10-17(13-15(14)2)24-16(3)20(23)22-12-6-8-19(22)18-7-4-5-11-21-18/h4-5,7,9-11,13,16,19H,6,8,12H2,1-3H3. The number of nitrogens with zero attached hydrogens (tertiary/aromatic N) is 2. The highest BCUT2D eigenvalue weighted by molar-refractivity contribution is 5.81. The molecule has 126 valence electrons. The van der Waals surface area contributed by atoms with Crippen molar-refractivity contribution in [2.75, 3.05) is 6.54 Å². The zero-order valence-corrected chi connectivity index (χ0v) is 14.5. The first-order valence-electron chi connectivity index (χ1n) is 8.51. The summed E-state index contributed by atoms with van der Waals surface area (Å²) < 4.78 is 5.90. The molecule has 1 aliphatic rings. The fourth-order valence-electron chi connectivity index (χ4n) is 3.19.